The fourth-order valence-electron chi connectivity index (χ4n) is 5.04. The van der Waals surface area contributed by atoms with Crippen molar-refractivity contribution in [3.8, 4) is 22.4 Å². The van der Waals surface area contributed by atoms with Crippen molar-refractivity contribution < 1.29 is 18.7 Å². The minimum Gasteiger partial charge on any atom is -0.387 e. The molecule has 0 saturated carbocycles. The van der Waals surface area contributed by atoms with Crippen LogP contribution in [0.5, 0.6) is 0 Å². The number of hydrogen-bond acceptors (Lipinski definition) is 6. The summed E-state index contributed by atoms with van der Waals surface area (Å²) in [6.07, 6.45) is 7.12. The zero-order chi connectivity index (χ0) is 28.5. The third-order valence-corrected chi connectivity index (χ3v) is 7.06. The van der Waals surface area contributed by atoms with Gasteiger partial charge in [0.05, 0.1) is 23.8 Å². The van der Waals surface area contributed by atoms with Crippen LogP contribution in [0.25, 0.3) is 38.8 Å². The SMILES string of the molecule is Cc1cc(-c2ncccc2-c2ccn3c(C(=O)OC(=O)CC(N)Cc4c[nH]c5ccccc45)ncc3c2)ccc1F. The Morgan fingerprint density at radius 2 is 1.90 bits per heavy atom. The largest absolute Gasteiger partial charge is 0.387 e. The van der Waals surface area contributed by atoms with Gasteiger partial charge in [-0.05, 0) is 72.5 Å². The number of rotatable bonds is 7. The second-order valence-corrected chi connectivity index (χ2v) is 9.94. The fourth-order valence-corrected chi connectivity index (χ4v) is 5.04. The number of benzene rings is 2. The highest BCUT2D eigenvalue weighted by Crippen LogP contribution is 2.32. The monoisotopic (exact) mass is 547 g/mol. The number of nitrogens with one attached hydrogen (secondary N) is 1. The van der Waals surface area contributed by atoms with Gasteiger partial charge in [-0.2, -0.15) is 0 Å². The molecule has 1 unspecified atom stereocenters. The quantitative estimate of drug-likeness (QED) is 0.198. The Labute approximate surface area is 234 Å². The molecular formula is C32H26FN5O3. The van der Waals surface area contributed by atoms with E-state index in [9.17, 15) is 14.0 Å². The molecule has 8 nitrogen and oxygen atoms in total. The van der Waals surface area contributed by atoms with Crippen LogP contribution in [0.3, 0.4) is 0 Å². The fraction of sp³-hybridized carbons (Fsp3) is 0.125. The normalized spacial score (nSPS) is 12.1. The highest BCUT2D eigenvalue weighted by Gasteiger charge is 2.21. The molecule has 2 aromatic carbocycles. The summed E-state index contributed by atoms with van der Waals surface area (Å²) in [6.45, 7) is 1.71. The number of carbonyl (C=O) groups excluding carboxylic acids is 2. The number of pyridine rings is 2. The van der Waals surface area contributed by atoms with E-state index in [0.717, 1.165) is 33.2 Å². The predicted molar refractivity (Wildman–Crippen MR) is 154 cm³/mol. The van der Waals surface area contributed by atoms with Gasteiger partial charge in [-0.15, -0.1) is 0 Å². The van der Waals surface area contributed by atoms with Crippen LogP contribution in [0.1, 0.15) is 28.2 Å². The summed E-state index contributed by atoms with van der Waals surface area (Å²) in [6, 6.07) is 19.6. The van der Waals surface area contributed by atoms with Crippen LogP contribution in [-0.2, 0) is 16.0 Å². The van der Waals surface area contributed by atoms with Crippen LogP contribution >= 0.6 is 0 Å². The van der Waals surface area contributed by atoms with E-state index in [1.54, 1.807) is 35.9 Å². The van der Waals surface area contributed by atoms with Gasteiger partial charge in [0, 0.05) is 46.7 Å². The first-order chi connectivity index (χ1) is 19.9. The molecule has 0 bridgehead atoms. The lowest BCUT2D eigenvalue weighted by Crippen LogP contribution is -2.28. The van der Waals surface area contributed by atoms with Gasteiger partial charge >= 0.3 is 11.9 Å². The molecule has 0 aliphatic heterocycles. The van der Waals surface area contributed by atoms with Gasteiger partial charge in [0.15, 0.2) is 0 Å². The molecule has 0 amide bonds. The summed E-state index contributed by atoms with van der Waals surface area (Å²) < 4.78 is 20.5. The Bertz CT molecular complexity index is 1930. The topological polar surface area (TPSA) is 115 Å². The number of imidazole rings is 1. The van der Waals surface area contributed by atoms with Crippen LogP contribution < -0.4 is 5.73 Å². The highest BCUT2D eigenvalue weighted by molar-refractivity contribution is 5.95. The lowest BCUT2D eigenvalue weighted by atomic mass is 9.99. The molecule has 204 valence electrons. The summed E-state index contributed by atoms with van der Waals surface area (Å²) in [4.78, 5) is 37.3. The van der Waals surface area contributed by atoms with Crippen molar-refractivity contribution in [2.24, 2.45) is 5.73 Å². The van der Waals surface area contributed by atoms with Crippen LogP contribution in [0.4, 0.5) is 4.39 Å². The molecule has 9 heteroatoms. The Hall–Kier alpha value is -5.15. The van der Waals surface area contributed by atoms with Gasteiger partial charge in [-0.1, -0.05) is 24.3 Å². The molecule has 4 aromatic heterocycles. The summed E-state index contributed by atoms with van der Waals surface area (Å²) in [5, 5.41) is 1.04. The van der Waals surface area contributed by atoms with Gasteiger partial charge in [-0.3, -0.25) is 14.2 Å². The number of nitrogens with zero attached hydrogens (tertiary/aromatic N) is 3. The standard InChI is InChI=1S/C32H26FN5O3/c1-19-13-21(8-9-27(19)33)30-26(6-4-11-35-30)20-10-12-38-24(15-20)18-37-31(38)32(40)41-29(39)16-23(34)14-22-17-36-28-7-3-2-5-25(22)28/h2-13,15,17-18,23,36H,14,16,34H2,1H3. The number of nitrogens with two attached hydrogens (primary N) is 1. The predicted octanol–water partition coefficient (Wildman–Crippen LogP) is 5.64. The van der Waals surface area contributed by atoms with E-state index < -0.39 is 18.0 Å². The molecule has 0 fully saturated rings. The zero-order valence-corrected chi connectivity index (χ0v) is 22.2. The molecule has 41 heavy (non-hydrogen) atoms. The number of carbonyl (C=O) groups is 2. The maximum absolute atomic E-state index is 13.9. The van der Waals surface area contributed by atoms with E-state index in [2.05, 4.69) is 15.0 Å². The third-order valence-electron chi connectivity index (χ3n) is 7.06. The maximum Gasteiger partial charge on any atom is 0.382 e. The van der Waals surface area contributed by atoms with Crippen molar-refractivity contribution in [3.05, 3.63) is 114 Å². The minimum atomic E-state index is -0.856. The van der Waals surface area contributed by atoms with Crippen molar-refractivity contribution in [3.63, 3.8) is 0 Å². The van der Waals surface area contributed by atoms with E-state index in [0.29, 0.717) is 23.2 Å². The van der Waals surface area contributed by atoms with Crippen LogP contribution in [-0.4, -0.2) is 37.3 Å². The number of halogens is 1. The summed E-state index contributed by atoms with van der Waals surface area (Å²) in [5.41, 5.74) is 12.5. The van der Waals surface area contributed by atoms with Crippen LogP contribution in [0.15, 0.2) is 91.5 Å². The number of para-hydroxylation sites is 1. The number of fused-ring (bicyclic) bond motifs is 2. The number of hydrogen-bond donors (Lipinski definition) is 2. The first kappa shape index (κ1) is 26.1. The Morgan fingerprint density at radius 1 is 1.05 bits per heavy atom. The van der Waals surface area contributed by atoms with Crippen LogP contribution in [0, 0.1) is 12.7 Å². The van der Waals surface area contributed by atoms with Crippen molar-refractivity contribution in [2.45, 2.75) is 25.8 Å². The van der Waals surface area contributed by atoms with Gasteiger partial charge < -0.3 is 15.5 Å². The maximum atomic E-state index is 13.9. The minimum absolute atomic E-state index is 0.0225. The molecule has 6 rings (SSSR count). The first-order valence-corrected chi connectivity index (χ1v) is 13.1. The molecule has 0 saturated heterocycles. The molecule has 0 radical (unpaired) electrons. The second-order valence-electron chi connectivity index (χ2n) is 9.94. The molecular weight excluding hydrogens is 521 g/mol. The smallest absolute Gasteiger partial charge is 0.382 e. The average molecular weight is 548 g/mol. The van der Waals surface area contributed by atoms with Crippen LogP contribution in [0.2, 0.25) is 0 Å². The Balaban J connectivity index is 1.17. The summed E-state index contributed by atoms with van der Waals surface area (Å²) in [5.74, 6) is -1.87. The van der Waals surface area contributed by atoms with E-state index in [1.807, 2.05) is 54.7 Å². The molecule has 4 heterocycles. The van der Waals surface area contributed by atoms with Gasteiger partial charge in [0.1, 0.15) is 5.82 Å². The lowest BCUT2D eigenvalue weighted by molar-refractivity contribution is -0.138. The highest BCUT2D eigenvalue weighted by atomic mass is 19.1. The van der Waals surface area contributed by atoms with E-state index in [-0.39, 0.29) is 18.1 Å². The second kappa shape index (κ2) is 10.8. The summed E-state index contributed by atoms with van der Waals surface area (Å²) in [7, 11) is 0. The van der Waals surface area contributed by atoms with Crippen molar-refractivity contribution in [1.82, 2.24) is 19.4 Å². The van der Waals surface area contributed by atoms with Crippen molar-refractivity contribution >= 4 is 28.4 Å². The third kappa shape index (κ3) is 5.22. The number of ether oxygens (including phenoxy) is 1. The average Bonchev–Trinajstić information content (AvgIpc) is 3.58. The molecule has 0 spiro atoms. The Kier molecular flexibility index (Phi) is 6.86. The number of aromatic nitrogens is 4. The Morgan fingerprint density at radius 3 is 2.76 bits per heavy atom. The van der Waals surface area contributed by atoms with Crippen molar-refractivity contribution in [1.29, 1.82) is 0 Å². The number of aromatic amines is 1. The number of aryl methyl sites for hydroxylation is 1. The molecule has 3 N–H and O–H groups in total. The molecule has 6 aromatic rings. The van der Waals surface area contributed by atoms with Gasteiger partial charge in [0.2, 0.25) is 5.82 Å². The molecule has 0 aliphatic carbocycles. The molecule has 1 atom stereocenters. The van der Waals surface area contributed by atoms with Gasteiger partial charge in [0.25, 0.3) is 0 Å². The van der Waals surface area contributed by atoms with Crippen molar-refractivity contribution in [2.75, 3.05) is 0 Å². The first-order valence-electron chi connectivity index (χ1n) is 13.1. The number of esters is 2. The van der Waals surface area contributed by atoms with E-state index >= 15 is 0 Å². The molecule has 0 aliphatic rings. The zero-order valence-electron chi connectivity index (χ0n) is 22.2. The van der Waals surface area contributed by atoms with Gasteiger partial charge in [-0.25, -0.2) is 14.2 Å². The van der Waals surface area contributed by atoms with E-state index in [1.165, 1.54) is 12.3 Å². The summed E-state index contributed by atoms with van der Waals surface area (Å²) >= 11 is 0. The van der Waals surface area contributed by atoms with E-state index in [4.69, 9.17) is 10.5 Å². The number of H-pyrrole nitrogens is 1. The lowest BCUT2D eigenvalue weighted by Gasteiger charge is -2.11.